The monoisotopic (exact) mass is 277 g/mol. The van der Waals surface area contributed by atoms with Gasteiger partial charge in [-0.2, -0.15) is 0 Å². The summed E-state index contributed by atoms with van der Waals surface area (Å²) in [5.74, 6) is -0.219. The molecule has 3 N–H and O–H groups in total. The van der Waals surface area contributed by atoms with Gasteiger partial charge in [0, 0.05) is 17.8 Å². The SMILES string of the molecule is CCNC(=O)c1ccc(NC(=O)C(C)(C)NCC)cc1. The standard InChI is InChI=1S/C15H23N3O2/c1-5-16-13(19)11-7-9-12(10-8-11)18-14(20)15(3,4)17-6-2/h7-10,17H,5-6H2,1-4H3,(H,16,19)(H,18,20). The Hall–Kier alpha value is -1.88. The molecule has 5 heteroatoms. The molecule has 5 nitrogen and oxygen atoms in total. The average molecular weight is 277 g/mol. The van der Waals surface area contributed by atoms with E-state index in [1.165, 1.54) is 0 Å². The number of hydrogen-bond donors (Lipinski definition) is 3. The highest BCUT2D eigenvalue weighted by Gasteiger charge is 2.26. The molecule has 0 heterocycles. The van der Waals surface area contributed by atoms with Crippen LogP contribution in [0.4, 0.5) is 5.69 Å². The summed E-state index contributed by atoms with van der Waals surface area (Å²) in [6.07, 6.45) is 0. The molecular weight excluding hydrogens is 254 g/mol. The third-order valence-electron chi connectivity index (χ3n) is 2.93. The number of likely N-dealkylation sites (N-methyl/N-ethyl adjacent to an activating group) is 1. The molecule has 0 aliphatic carbocycles. The molecule has 1 aromatic rings. The molecule has 0 aliphatic heterocycles. The molecule has 0 bridgehead atoms. The van der Waals surface area contributed by atoms with E-state index < -0.39 is 5.54 Å². The van der Waals surface area contributed by atoms with Crippen molar-refractivity contribution in [3.63, 3.8) is 0 Å². The predicted molar refractivity (Wildman–Crippen MR) is 80.8 cm³/mol. The van der Waals surface area contributed by atoms with Gasteiger partial charge in [-0.3, -0.25) is 9.59 Å². The van der Waals surface area contributed by atoms with E-state index in [1.807, 2.05) is 27.7 Å². The van der Waals surface area contributed by atoms with Crippen molar-refractivity contribution in [2.24, 2.45) is 0 Å². The topological polar surface area (TPSA) is 70.2 Å². The van der Waals surface area contributed by atoms with E-state index >= 15 is 0 Å². The first-order valence-corrected chi connectivity index (χ1v) is 6.85. The van der Waals surface area contributed by atoms with Crippen LogP contribution in [0.2, 0.25) is 0 Å². The number of nitrogens with one attached hydrogen (secondary N) is 3. The first-order valence-electron chi connectivity index (χ1n) is 6.85. The van der Waals surface area contributed by atoms with Crippen molar-refractivity contribution in [2.45, 2.75) is 33.2 Å². The molecule has 0 aromatic heterocycles. The highest BCUT2D eigenvalue weighted by molar-refractivity contribution is 5.98. The average Bonchev–Trinajstić information content (AvgIpc) is 2.39. The van der Waals surface area contributed by atoms with Crippen LogP contribution in [0.3, 0.4) is 0 Å². The van der Waals surface area contributed by atoms with Crippen LogP contribution in [0.15, 0.2) is 24.3 Å². The van der Waals surface area contributed by atoms with Crippen LogP contribution in [0.25, 0.3) is 0 Å². The minimum Gasteiger partial charge on any atom is -0.352 e. The van der Waals surface area contributed by atoms with Gasteiger partial charge in [-0.1, -0.05) is 6.92 Å². The highest BCUT2D eigenvalue weighted by Crippen LogP contribution is 2.12. The number of rotatable bonds is 6. The summed E-state index contributed by atoms with van der Waals surface area (Å²) in [5, 5.41) is 8.67. The zero-order valence-electron chi connectivity index (χ0n) is 12.5. The van der Waals surface area contributed by atoms with E-state index in [0.717, 1.165) is 6.54 Å². The summed E-state index contributed by atoms with van der Waals surface area (Å²) < 4.78 is 0. The molecular formula is C15H23N3O2. The quantitative estimate of drug-likeness (QED) is 0.742. The number of anilines is 1. The van der Waals surface area contributed by atoms with Gasteiger partial charge in [-0.15, -0.1) is 0 Å². The second kappa shape index (κ2) is 7.05. The predicted octanol–water partition coefficient (Wildman–Crippen LogP) is 1.76. The minimum atomic E-state index is -0.632. The molecule has 0 fully saturated rings. The van der Waals surface area contributed by atoms with Gasteiger partial charge in [-0.05, 0) is 51.6 Å². The maximum Gasteiger partial charge on any atom is 0.251 e. The lowest BCUT2D eigenvalue weighted by atomic mass is 10.0. The fourth-order valence-electron chi connectivity index (χ4n) is 1.78. The first kappa shape index (κ1) is 16.2. The summed E-state index contributed by atoms with van der Waals surface area (Å²) >= 11 is 0. The summed E-state index contributed by atoms with van der Waals surface area (Å²) in [6.45, 7) is 8.79. The van der Waals surface area contributed by atoms with Crippen molar-refractivity contribution in [2.75, 3.05) is 18.4 Å². The van der Waals surface area contributed by atoms with Crippen LogP contribution >= 0.6 is 0 Å². The van der Waals surface area contributed by atoms with E-state index in [9.17, 15) is 9.59 Å². The summed E-state index contributed by atoms with van der Waals surface area (Å²) in [7, 11) is 0. The second-order valence-corrected chi connectivity index (χ2v) is 5.05. The fourth-order valence-corrected chi connectivity index (χ4v) is 1.78. The summed E-state index contributed by atoms with van der Waals surface area (Å²) in [4.78, 5) is 23.7. The molecule has 0 atom stereocenters. The van der Waals surface area contributed by atoms with Crippen LogP contribution in [0, 0.1) is 0 Å². The third kappa shape index (κ3) is 4.35. The number of carbonyl (C=O) groups excluding carboxylic acids is 2. The number of hydrogen-bond acceptors (Lipinski definition) is 3. The van der Waals surface area contributed by atoms with Gasteiger partial charge < -0.3 is 16.0 Å². The molecule has 1 rings (SSSR count). The van der Waals surface area contributed by atoms with Crippen LogP contribution < -0.4 is 16.0 Å². The lowest BCUT2D eigenvalue weighted by Gasteiger charge is -2.24. The Morgan fingerprint density at radius 2 is 1.65 bits per heavy atom. The van der Waals surface area contributed by atoms with Crippen molar-refractivity contribution in [3.05, 3.63) is 29.8 Å². The minimum absolute atomic E-state index is 0.106. The van der Waals surface area contributed by atoms with Crippen molar-refractivity contribution < 1.29 is 9.59 Å². The second-order valence-electron chi connectivity index (χ2n) is 5.05. The van der Waals surface area contributed by atoms with Gasteiger partial charge in [0.05, 0.1) is 5.54 Å². The maximum atomic E-state index is 12.1. The van der Waals surface area contributed by atoms with Crippen molar-refractivity contribution in [1.29, 1.82) is 0 Å². The molecule has 0 radical (unpaired) electrons. The molecule has 0 saturated carbocycles. The van der Waals surface area contributed by atoms with E-state index in [4.69, 9.17) is 0 Å². The summed E-state index contributed by atoms with van der Waals surface area (Å²) in [5.41, 5.74) is 0.623. The molecule has 0 saturated heterocycles. The van der Waals surface area contributed by atoms with Gasteiger partial charge >= 0.3 is 0 Å². The molecule has 1 aromatic carbocycles. The first-order chi connectivity index (χ1) is 9.40. The lowest BCUT2D eigenvalue weighted by molar-refractivity contribution is -0.121. The molecule has 0 unspecified atom stereocenters. The van der Waals surface area contributed by atoms with E-state index in [0.29, 0.717) is 17.8 Å². The van der Waals surface area contributed by atoms with Crippen LogP contribution in [-0.2, 0) is 4.79 Å². The van der Waals surface area contributed by atoms with Gasteiger partial charge in [0.15, 0.2) is 0 Å². The van der Waals surface area contributed by atoms with Crippen molar-refractivity contribution in [3.8, 4) is 0 Å². The zero-order chi connectivity index (χ0) is 15.2. The van der Waals surface area contributed by atoms with E-state index in [-0.39, 0.29) is 11.8 Å². The molecule has 2 amide bonds. The molecule has 0 spiro atoms. The van der Waals surface area contributed by atoms with Crippen molar-refractivity contribution in [1.82, 2.24) is 10.6 Å². The number of carbonyl (C=O) groups is 2. The third-order valence-corrected chi connectivity index (χ3v) is 2.93. The van der Waals surface area contributed by atoms with E-state index in [1.54, 1.807) is 24.3 Å². The normalized spacial score (nSPS) is 11.0. The smallest absolute Gasteiger partial charge is 0.251 e. The molecule has 20 heavy (non-hydrogen) atoms. The Balaban J connectivity index is 2.70. The number of benzene rings is 1. The Morgan fingerprint density at radius 3 is 2.15 bits per heavy atom. The van der Waals surface area contributed by atoms with Crippen LogP contribution in [-0.4, -0.2) is 30.4 Å². The van der Waals surface area contributed by atoms with Crippen LogP contribution in [0.1, 0.15) is 38.1 Å². The van der Waals surface area contributed by atoms with Gasteiger partial charge in [0.1, 0.15) is 0 Å². The summed E-state index contributed by atoms with van der Waals surface area (Å²) in [6, 6.07) is 6.84. The maximum absolute atomic E-state index is 12.1. The zero-order valence-corrected chi connectivity index (χ0v) is 12.5. The number of amides is 2. The van der Waals surface area contributed by atoms with Gasteiger partial charge in [0.2, 0.25) is 5.91 Å². The Bertz CT molecular complexity index is 467. The lowest BCUT2D eigenvalue weighted by Crippen LogP contribution is -2.49. The molecule has 110 valence electrons. The van der Waals surface area contributed by atoms with Gasteiger partial charge in [0.25, 0.3) is 5.91 Å². The Kier molecular flexibility index (Phi) is 5.70. The van der Waals surface area contributed by atoms with E-state index in [2.05, 4.69) is 16.0 Å². The van der Waals surface area contributed by atoms with Crippen LogP contribution in [0.5, 0.6) is 0 Å². The van der Waals surface area contributed by atoms with Crippen molar-refractivity contribution >= 4 is 17.5 Å². The Morgan fingerprint density at radius 1 is 1.05 bits per heavy atom. The van der Waals surface area contributed by atoms with Gasteiger partial charge in [-0.25, -0.2) is 0 Å². The largest absolute Gasteiger partial charge is 0.352 e. The highest BCUT2D eigenvalue weighted by atomic mass is 16.2. The Labute approximate surface area is 120 Å². The fraction of sp³-hybridized carbons (Fsp3) is 0.467. The molecule has 0 aliphatic rings.